The Morgan fingerprint density at radius 1 is 0.861 bits per heavy atom. The Balaban J connectivity index is 1.96. The monoisotopic (exact) mass is 488 g/mol. The molecule has 4 N–H and O–H groups in total. The summed E-state index contributed by atoms with van der Waals surface area (Å²) in [6, 6.07) is 22.7. The van der Waals surface area contributed by atoms with Crippen molar-refractivity contribution in [1.29, 1.82) is 0 Å². The lowest BCUT2D eigenvalue weighted by Crippen LogP contribution is -2.57. The SMILES string of the molecule is CC(C)(Cc1ccccc1)N(C(=O)c1ccc(-c2ccc(CO)cc2)cc1)[C@@H](CCC(N)=O)C(=O)O. The van der Waals surface area contributed by atoms with Crippen molar-refractivity contribution in [2.45, 2.75) is 51.3 Å². The summed E-state index contributed by atoms with van der Waals surface area (Å²) in [5.41, 5.74) is 8.34. The number of primary amides is 1. The van der Waals surface area contributed by atoms with E-state index in [1.807, 2.05) is 80.6 Å². The van der Waals surface area contributed by atoms with E-state index in [9.17, 15) is 24.6 Å². The Morgan fingerprint density at radius 3 is 1.92 bits per heavy atom. The van der Waals surface area contributed by atoms with Crippen LogP contribution in [0.1, 0.15) is 48.2 Å². The zero-order valence-electron chi connectivity index (χ0n) is 20.6. The van der Waals surface area contributed by atoms with Crippen molar-refractivity contribution >= 4 is 17.8 Å². The fourth-order valence-electron chi connectivity index (χ4n) is 4.41. The Hall–Kier alpha value is -3.97. The first-order valence-corrected chi connectivity index (χ1v) is 11.8. The molecule has 0 aliphatic heterocycles. The highest BCUT2D eigenvalue weighted by Crippen LogP contribution is 2.29. The average molecular weight is 489 g/mol. The number of benzene rings is 3. The van der Waals surface area contributed by atoms with Crippen LogP contribution in [0.15, 0.2) is 78.9 Å². The number of nitrogens with two attached hydrogens (primary N) is 1. The molecule has 188 valence electrons. The zero-order chi connectivity index (χ0) is 26.3. The number of aliphatic hydroxyl groups excluding tert-OH is 1. The van der Waals surface area contributed by atoms with Gasteiger partial charge in [0, 0.05) is 17.5 Å². The molecule has 1 atom stereocenters. The smallest absolute Gasteiger partial charge is 0.326 e. The number of aliphatic hydroxyl groups is 1. The fourth-order valence-corrected chi connectivity index (χ4v) is 4.41. The standard InChI is InChI=1S/C29H32N2O5/c1-29(2,18-20-6-4-3-5-7-20)31(25(28(35)36)16-17-26(30)33)27(34)24-14-12-23(13-15-24)22-10-8-21(19-32)9-11-22/h3-15,25,32H,16-19H2,1-2H3,(H2,30,33)(H,35,36)/t25-/m0/s1. The molecule has 7 nitrogen and oxygen atoms in total. The van der Waals surface area contributed by atoms with Crippen LogP contribution in [-0.4, -0.2) is 44.5 Å². The minimum atomic E-state index is -1.23. The van der Waals surface area contributed by atoms with Crippen LogP contribution in [0.4, 0.5) is 0 Å². The largest absolute Gasteiger partial charge is 0.480 e. The van der Waals surface area contributed by atoms with E-state index in [0.29, 0.717) is 12.0 Å². The minimum Gasteiger partial charge on any atom is -0.480 e. The van der Waals surface area contributed by atoms with E-state index in [-0.39, 0.29) is 19.4 Å². The van der Waals surface area contributed by atoms with Crippen LogP contribution in [0.5, 0.6) is 0 Å². The summed E-state index contributed by atoms with van der Waals surface area (Å²) in [7, 11) is 0. The number of carboxylic acid groups (broad SMARTS) is 1. The van der Waals surface area contributed by atoms with Gasteiger partial charge in [-0.2, -0.15) is 0 Å². The van der Waals surface area contributed by atoms with Crippen LogP contribution in [0.3, 0.4) is 0 Å². The topological polar surface area (TPSA) is 121 Å². The van der Waals surface area contributed by atoms with E-state index in [4.69, 9.17) is 5.73 Å². The highest BCUT2D eigenvalue weighted by molar-refractivity contribution is 5.97. The molecule has 36 heavy (non-hydrogen) atoms. The molecule has 0 unspecified atom stereocenters. The lowest BCUT2D eigenvalue weighted by Gasteiger charge is -2.42. The first kappa shape index (κ1) is 26.6. The summed E-state index contributed by atoms with van der Waals surface area (Å²) in [5.74, 6) is -2.24. The minimum absolute atomic E-state index is 0.0389. The second kappa shape index (κ2) is 11.6. The number of hydrogen-bond donors (Lipinski definition) is 3. The molecule has 0 spiro atoms. The molecule has 7 heteroatoms. The van der Waals surface area contributed by atoms with Gasteiger partial charge in [-0.3, -0.25) is 9.59 Å². The van der Waals surface area contributed by atoms with Crippen LogP contribution < -0.4 is 5.73 Å². The molecule has 0 saturated carbocycles. The Labute approximate surface area is 211 Å². The number of amides is 2. The lowest BCUT2D eigenvalue weighted by molar-refractivity contribution is -0.144. The summed E-state index contributed by atoms with van der Waals surface area (Å²) in [5, 5.41) is 19.3. The third-order valence-corrected chi connectivity index (χ3v) is 6.21. The maximum absolute atomic E-state index is 13.8. The Morgan fingerprint density at radius 2 is 1.42 bits per heavy atom. The van der Waals surface area contributed by atoms with E-state index in [0.717, 1.165) is 22.3 Å². The van der Waals surface area contributed by atoms with Gasteiger partial charge in [0.2, 0.25) is 5.91 Å². The van der Waals surface area contributed by atoms with Gasteiger partial charge < -0.3 is 20.8 Å². The van der Waals surface area contributed by atoms with Gasteiger partial charge in [-0.1, -0.05) is 66.7 Å². The molecule has 0 radical (unpaired) electrons. The number of rotatable bonds is 11. The lowest BCUT2D eigenvalue weighted by atomic mass is 9.89. The maximum Gasteiger partial charge on any atom is 0.326 e. The second-order valence-corrected chi connectivity index (χ2v) is 9.44. The molecular weight excluding hydrogens is 456 g/mol. The molecule has 0 aliphatic rings. The van der Waals surface area contributed by atoms with Crippen LogP contribution in [0.25, 0.3) is 11.1 Å². The third kappa shape index (κ3) is 6.58. The molecule has 3 aromatic rings. The first-order valence-electron chi connectivity index (χ1n) is 11.8. The summed E-state index contributed by atoms with van der Waals surface area (Å²) < 4.78 is 0. The highest BCUT2D eigenvalue weighted by Gasteiger charge is 2.40. The molecule has 0 aromatic heterocycles. The quantitative estimate of drug-likeness (QED) is 0.376. The Bertz CT molecular complexity index is 1190. The molecule has 0 aliphatic carbocycles. The number of nitrogens with zero attached hydrogens (tertiary/aromatic N) is 1. The predicted octanol–water partition coefficient (Wildman–Crippen LogP) is 4.03. The van der Waals surface area contributed by atoms with Crippen LogP contribution in [0.2, 0.25) is 0 Å². The van der Waals surface area contributed by atoms with Gasteiger partial charge >= 0.3 is 5.97 Å². The maximum atomic E-state index is 13.8. The van der Waals surface area contributed by atoms with Crippen LogP contribution >= 0.6 is 0 Å². The van der Waals surface area contributed by atoms with Crippen molar-refractivity contribution in [1.82, 2.24) is 4.90 Å². The normalized spacial score (nSPS) is 12.1. The molecule has 3 rings (SSSR count). The summed E-state index contributed by atoms with van der Waals surface area (Å²) in [6.07, 6.45) is 0.198. The molecule has 3 aromatic carbocycles. The average Bonchev–Trinajstić information content (AvgIpc) is 2.86. The van der Waals surface area contributed by atoms with Gasteiger partial charge in [0.1, 0.15) is 6.04 Å². The van der Waals surface area contributed by atoms with E-state index in [2.05, 4.69) is 0 Å². The van der Waals surface area contributed by atoms with Crippen LogP contribution in [0, 0.1) is 0 Å². The molecule has 0 fully saturated rings. The molecule has 0 bridgehead atoms. The van der Waals surface area contributed by atoms with Crippen molar-refractivity contribution < 1.29 is 24.6 Å². The number of carbonyl (C=O) groups is 3. The van der Waals surface area contributed by atoms with Gasteiger partial charge in [-0.25, -0.2) is 4.79 Å². The van der Waals surface area contributed by atoms with Crippen LogP contribution in [-0.2, 0) is 22.6 Å². The number of aliphatic carboxylic acids is 1. The van der Waals surface area contributed by atoms with Crippen molar-refractivity contribution in [3.8, 4) is 11.1 Å². The number of carbonyl (C=O) groups excluding carboxylic acids is 2. The third-order valence-electron chi connectivity index (χ3n) is 6.21. The van der Waals surface area contributed by atoms with Crippen molar-refractivity contribution in [3.63, 3.8) is 0 Å². The number of hydrogen-bond acceptors (Lipinski definition) is 4. The Kier molecular flexibility index (Phi) is 8.61. The van der Waals surface area contributed by atoms with E-state index in [1.165, 1.54) is 4.90 Å². The van der Waals surface area contributed by atoms with Gasteiger partial charge in [-0.05, 0) is 61.1 Å². The van der Waals surface area contributed by atoms with Gasteiger partial charge in [0.15, 0.2) is 0 Å². The fraction of sp³-hybridized carbons (Fsp3) is 0.276. The molecular formula is C29H32N2O5. The first-order chi connectivity index (χ1) is 17.1. The second-order valence-electron chi connectivity index (χ2n) is 9.44. The summed E-state index contributed by atoms with van der Waals surface area (Å²) in [6.45, 7) is 3.62. The molecule has 2 amide bonds. The van der Waals surface area contributed by atoms with E-state index < -0.39 is 29.4 Å². The van der Waals surface area contributed by atoms with Crippen molar-refractivity contribution in [3.05, 3.63) is 95.6 Å². The van der Waals surface area contributed by atoms with E-state index >= 15 is 0 Å². The van der Waals surface area contributed by atoms with Gasteiger partial charge in [-0.15, -0.1) is 0 Å². The van der Waals surface area contributed by atoms with Crippen molar-refractivity contribution in [2.24, 2.45) is 5.73 Å². The summed E-state index contributed by atoms with van der Waals surface area (Å²) in [4.78, 5) is 39.0. The van der Waals surface area contributed by atoms with E-state index in [1.54, 1.807) is 12.1 Å². The molecule has 0 heterocycles. The van der Waals surface area contributed by atoms with Gasteiger partial charge in [0.25, 0.3) is 5.91 Å². The number of carboxylic acids is 1. The highest BCUT2D eigenvalue weighted by atomic mass is 16.4. The van der Waals surface area contributed by atoms with Crippen molar-refractivity contribution in [2.75, 3.05) is 0 Å². The van der Waals surface area contributed by atoms with Gasteiger partial charge in [0.05, 0.1) is 6.61 Å². The molecule has 0 saturated heterocycles. The summed E-state index contributed by atoms with van der Waals surface area (Å²) >= 11 is 0. The predicted molar refractivity (Wildman–Crippen MR) is 138 cm³/mol. The zero-order valence-corrected chi connectivity index (χ0v) is 20.6.